The fourth-order valence-corrected chi connectivity index (χ4v) is 2.44. The zero-order chi connectivity index (χ0) is 15.0. The number of carbonyl (C=O) groups is 2. The predicted molar refractivity (Wildman–Crippen MR) is 76.8 cm³/mol. The van der Waals surface area contributed by atoms with Crippen molar-refractivity contribution in [1.82, 2.24) is 0 Å². The molecular weight excluding hydrogens is 270 g/mol. The van der Waals surface area contributed by atoms with Crippen LogP contribution in [0.3, 0.4) is 0 Å². The molecule has 1 amide bonds. The van der Waals surface area contributed by atoms with Crippen LogP contribution >= 0.6 is 0 Å². The molecule has 0 unspecified atom stereocenters. The Morgan fingerprint density at radius 3 is 2.57 bits per heavy atom. The van der Waals surface area contributed by atoms with Gasteiger partial charge in [0.2, 0.25) is 0 Å². The Labute approximate surface area is 121 Å². The predicted octanol–water partition coefficient (Wildman–Crippen LogP) is 2.33. The molecule has 2 aromatic carbocycles. The Balaban J connectivity index is 2.01. The van der Waals surface area contributed by atoms with Crippen molar-refractivity contribution >= 4 is 17.4 Å². The summed E-state index contributed by atoms with van der Waals surface area (Å²) in [5.74, 6) is -0.920. The van der Waals surface area contributed by atoms with Gasteiger partial charge in [0, 0.05) is 24.1 Å². The van der Waals surface area contributed by atoms with Crippen molar-refractivity contribution in [2.24, 2.45) is 0 Å². The molecule has 0 bridgehead atoms. The molecule has 5 nitrogen and oxygen atoms in total. The summed E-state index contributed by atoms with van der Waals surface area (Å²) in [5.41, 5.74) is 1.36. The van der Waals surface area contributed by atoms with Crippen molar-refractivity contribution in [2.75, 3.05) is 11.4 Å². The number of fused-ring (bicyclic) bond motifs is 1. The van der Waals surface area contributed by atoms with Gasteiger partial charge in [0.05, 0.1) is 5.69 Å². The van der Waals surface area contributed by atoms with Crippen molar-refractivity contribution in [1.29, 1.82) is 0 Å². The largest absolute Gasteiger partial charge is 0.504 e. The molecule has 2 N–H and O–H groups in total. The van der Waals surface area contributed by atoms with Crippen molar-refractivity contribution in [3.8, 4) is 11.5 Å². The maximum Gasteiger partial charge on any atom is 0.258 e. The minimum absolute atomic E-state index is 0.0169. The van der Waals surface area contributed by atoms with E-state index < -0.39 is 0 Å². The summed E-state index contributed by atoms with van der Waals surface area (Å²) in [6.07, 6.45) is 0.271. The minimum atomic E-state index is -0.345. The van der Waals surface area contributed by atoms with Gasteiger partial charge in [-0.3, -0.25) is 9.59 Å². The van der Waals surface area contributed by atoms with E-state index in [1.165, 1.54) is 23.1 Å². The van der Waals surface area contributed by atoms with E-state index in [0.717, 1.165) is 0 Å². The lowest BCUT2D eigenvalue weighted by atomic mass is 9.99. The van der Waals surface area contributed by atoms with E-state index in [1.54, 1.807) is 24.3 Å². The number of amides is 1. The van der Waals surface area contributed by atoms with Gasteiger partial charge in [0.15, 0.2) is 17.3 Å². The standard InChI is InChI=1S/C16H13NO4/c18-13-7-8-17(12-4-2-1-3-11(12)13)16(21)10-5-6-14(19)15(20)9-10/h1-6,9,19-20H,7-8H2. The van der Waals surface area contributed by atoms with Crippen LogP contribution in [-0.2, 0) is 0 Å². The average molecular weight is 283 g/mol. The van der Waals surface area contributed by atoms with Crippen molar-refractivity contribution in [2.45, 2.75) is 6.42 Å². The highest BCUT2D eigenvalue weighted by Crippen LogP contribution is 2.30. The normalized spacial score (nSPS) is 13.9. The van der Waals surface area contributed by atoms with Gasteiger partial charge in [-0.2, -0.15) is 0 Å². The van der Waals surface area contributed by atoms with E-state index in [2.05, 4.69) is 0 Å². The molecule has 2 aromatic rings. The molecule has 0 atom stereocenters. The lowest BCUT2D eigenvalue weighted by Gasteiger charge is -2.28. The maximum atomic E-state index is 12.6. The molecule has 1 heterocycles. The fraction of sp³-hybridized carbons (Fsp3) is 0.125. The molecule has 0 spiro atoms. The van der Waals surface area contributed by atoms with Gasteiger partial charge in [0.25, 0.3) is 5.91 Å². The van der Waals surface area contributed by atoms with E-state index in [0.29, 0.717) is 17.8 Å². The number of aromatic hydroxyl groups is 2. The number of carbonyl (C=O) groups excluding carboxylic acids is 2. The summed E-state index contributed by atoms with van der Waals surface area (Å²) in [4.78, 5) is 25.9. The fourth-order valence-electron chi connectivity index (χ4n) is 2.44. The quantitative estimate of drug-likeness (QED) is 0.787. The van der Waals surface area contributed by atoms with E-state index >= 15 is 0 Å². The van der Waals surface area contributed by atoms with E-state index in [9.17, 15) is 19.8 Å². The summed E-state index contributed by atoms with van der Waals surface area (Å²) < 4.78 is 0. The van der Waals surface area contributed by atoms with E-state index in [-0.39, 0.29) is 35.2 Å². The second-order valence-electron chi connectivity index (χ2n) is 4.85. The van der Waals surface area contributed by atoms with Crippen LogP contribution in [0.1, 0.15) is 27.1 Å². The number of phenols is 2. The number of phenolic OH excluding ortho intramolecular Hbond substituents is 2. The number of rotatable bonds is 1. The zero-order valence-electron chi connectivity index (χ0n) is 11.1. The number of para-hydroxylation sites is 1. The van der Waals surface area contributed by atoms with Crippen LogP contribution < -0.4 is 4.90 Å². The first-order valence-corrected chi connectivity index (χ1v) is 6.54. The summed E-state index contributed by atoms with van der Waals surface area (Å²) in [7, 11) is 0. The third-order valence-corrected chi connectivity index (χ3v) is 3.53. The number of hydrogen-bond donors (Lipinski definition) is 2. The van der Waals surface area contributed by atoms with E-state index in [4.69, 9.17) is 0 Å². The number of ketones is 1. The van der Waals surface area contributed by atoms with Crippen molar-refractivity contribution < 1.29 is 19.8 Å². The Bertz CT molecular complexity index is 739. The van der Waals surface area contributed by atoms with Gasteiger partial charge in [-0.1, -0.05) is 12.1 Å². The van der Waals surface area contributed by atoms with Gasteiger partial charge in [-0.05, 0) is 30.3 Å². The number of nitrogens with zero attached hydrogens (tertiary/aromatic N) is 1. The van der Waals surface area contributed by atoms with Crippen LogP contribution in [0.4, 0.5) is 5.69 Å². The minimum Gasteiger partial charge on any atom is -0.504 e. The van der Waals surface area contributed by atoms with Crippen LogP contribution in [0.2, 0.25) is 0 Å². The molecule has 5 heteroatoms. The summed E-state index contributed by atoms with van der Waals surface area (Å²) in [6.45, 7) is 0.302. The third-order valence-electron chi connectivity index (χ3n) is 3.53. The average Bonchev–Trinajstić information content (AvgIpc) is 2.50. The summed E-state index contributed by atoms with van der Waals surface area (Å²) in [5, 5.41) is 18.8. The number of Topliss-reactive ketones (excluding diaryl/α,β-unsaturated/α-hetero) is 1. The van der Waals surface area contributed by atoms with Crippen LogP contribution in [0.25, 0.3) is 0 Å². The Hall–Kier alpha value is -2.82. The molecule has 0 saturated heterocycles. The molecule has 0 saturated carbocycles. The highest BCUT2D eigenvalue weighted by Gasteiger charge is 2.27. The first kappa shape index (κ1) is 13.2. The lowest BCUT2D eigenvalue weighted by Crippen LogP contribution is -2.37. The Morgan fingerprint density at radius 2 is 1.81 bits per heavy atom. The van der Waals surface area contributed by atoms with Crippen LogP contribution in [-0.4, -0.2) is 28.4 Å². The second-order valence-corrected chi connectivity index (χ2v) is 4.85. The third kappa shape index (κ3) is 2.23. The highest BCUT2D eigenvalue weighted by molar-refractivity contribution is 6.13. The Kier molecular flexibility index (Phi) is 3.10. The van der Waals surface area contributed by atoms with Crippen molar-refractivity contribution in [3.63, 3.8) is 0 Å². The van der Waals surface area contributed by atoms with Crippen LogP contribution in [0.5, 0.6) is 11.5 Å². The second kappa shape index (κ2) is 4.94. The molecule has 0 fully saturated rings. The highest BCUT2D eigenvalue weighted by atomic mass is 16.3. The molecule has 0 aromatic heterocycles. The monoisotopic (exact) mass is 283 g/mol. The lowest BCUT2D eigenvalue weighted by molar-refractivity contribution is 0.0955. The first-order valence-electron chi connectivity index (χ1n) is 6.54. The molecule has 21 heavy (non-hydrogen) atoms. The number of hydrogen-bond acceptors (Lipinski definition) is 4. The van der Waals surface area contributed by atoms with Gasteiger partial charge >= 0.3 is 0 Å². The van der Waals surface area contributed by atoms with Gasteiger partial charge in [0.1, 0.15) is 0 Å². The van der Waals surface area contributed by atoms with Gasteiger partial charge in [-0.15, -0.1) is 0 Å². The summed E-state index contributed by atoms with van der Waals surface area (Å²) >= 11 is 0. The molecule has 0 aliphatic carbocycles. The number of anilines is 1. The molecular formula is C16H13NO4. The van der Waals surface area contributed by atoms with Crippen LogP contribution in [0, 0.1) is 0 Å². The zero-order valence-corrected chi connectivity index (χ0v) is 11.1. The maximum absolute atomic E-state index is 12.6. The topological polar surface area (TPSA) is 77.8 Å². The van der Waals surface area contributed by atoms with E-state index in [1.807, 2.05) is 0 Å². The van der Waals surface area contributed by atoms with Gasteiger partial charge < -0.3 is 15.1 Å². The molecule has 1 aliphatic heterocycles. The molecule has 0 radical (unpaired) electrons. The van der Waals surface area contributed by atoms with Crippen LogP contribution in [0.15, 0.2) is 42.5 Å². The molecule has 1 aliphatic rings. The first-order chi connectivity index (χ1) is 10.1. The van der Waals surface area contributed by atoms with Crippen molar-refractivity contribution in [3.05, 3.63) is 53.6 Å². The summed E-state index contributed by atoms with van der Waals surface area (Å²) in [6, 6.07) is 10.9. The number of benzene rings is 2. The van der Waals surface area contributed by atoms with Gasteiger partial charge in [-0.25, -0.2) is 0 Å². The smallest absolute Gasteiger partial charge is 0.258 e. The molecule has 3 rings (SSSR count). The molecule has 106 valence electrons. The Morgan fingerprint density at radius 1 is 1.05 bits per heavy atom. The SMILES string of the molecule is O=C1CCN(C(=O)c2ccc(O)c(O)c2)c2ccccc21.